The van der Waals surface area contributed by atoms with Gasteiger partial charge in [0, 0.05) is 32.4 Å². The highest BCUT2D eigenvalue weighted by Crippen LogP contribution is 2.38. The maximum atomic E-state index is 12.8. The number of carbonyl (C=O) groups excluding carboxylic acids is 3. The third-order valence-electron chi connectivity index (χ3n) is 4.96. The monoisotopic (exact) mass is 363 g/mol. The van der Waals surface area contributed by atoms with Crippen molar-refractivity contribution in [3.05, 3.63) is 24.2 Å². The first kappa shape index (κ1) is 18.4. The van der Waals surface area contributed by atoms with Crippen LogP contribution in [0.1, 0.15) is 43.7 Å². The molecule has 0 radical (unpaired) electrons. The van der Waals surface area contributed by atoms with E-state index in [1.807, 2.05) is 13.8 Å². The second kappa shape index (κ2) is 7.11. The van der Waals surface area contributed by atoms with Crippen LogP contribution in [0.15, 0.2) is 22.8 Å². The summed E-state index contributed by atoms with van der Waals surface area (Å²) >= 11 is 0. The summed E-state index contributed by atoms with van der Waals surface area (Å²) in [6, 6.07) is 1.88. The molecule has 0 bridgehead atoms. The van der Waals surface area contributed by atoms with E-state index in [9.17, 15) is 19.5 Å². The van der Waals surface area contributed by atoms with Crippen LogP contribution in [0.25, 0.3) is 0 Å². The Labute approximate surface area is 151 Å². The number of likely N-dealkylation sites (tertiary alicyclic amines) is 1. The number of amides is 2. The summed E-state index contributed by atoms with van der Waals surface area (Å²) in [6.07, 6.45) is 2.53. The molecule has 1 spiro atoms. The van der Waals surface area contributed by atoms with E-state index in [0.29, 0.717) is 32.4 Å². The van der Waals surface area contributed by atoms with Gasteiger partial charge in [-0.3, -0.25) is 14.5 Å². The number of furan rings is 1. The van der Waals surface area contributed by atoms with Crippen molar-refractivity contribution in [2.24, 2.45) is 5.92 Å². The molecule has 0 aromatic carbocycles. The maximum absolute atomic E-state index is 12.8. The van der Waals surface area contributed by atoms with Gasteiger partial charge in [-0.1, -0.05) is 13.8 Å². The number of ether oxygens (including phenoxy) is 1. The van der Waals surface area contributed by atoms with E-state index in [-0.39, 0.29) is 24.2 Å². The van der Waals surface area contributed by atoms with Gasteiger partial charge >= 0.3 is 0 Å². The van der Waals surface area contributed by atoms with Gasteiger partial charge in [0.2, 0.25) is 5.91 Å². The van der Waals surface area contributed by atoms with Crippen molar-refractivity contribution < 1.29 is 28.6 Å². The molecule has 2 aliphatic heterocycles. The highest BCUT2D eigenvalue weighted by molar-refractivity contribution is 5.95. The third kappa shape index (κ3) is 3.33. The summed E-state index contributed by atoms with van der Waals surface area (Å²) < 4.78 is 10.9. The summed E-state index contributed by atoms with van der Waals surface area (Å²) in [5, 5.41) is 11.5. The SMILES string of the molecule is CC(C)CC(=O)N1CCC2(CC1)OC[C@@H](C(=O)[O-])N2C(=O)c1ccco1. The van der Waals surface area contributed by atoms with E-state index in [2.05, 4.69) is 0 Å². The smallest absolute Gasteiger partial charge is 0.292 e. The van der Waals surface area contributed by atoms with Crippen molar-refractivity contribution in [1.29, 1.82) is 0 Å². The molecule has 2 saturated heterocycles. The van der Waals surface area contributed by atoms with Crippen LogP contribution in [0.4, 0.5) is 0 Å². The van der Waals surface area contributed by atoms with Crippen LogP contribution < -0.4 is 5.11 Å². The Morgan fingerprint density at radius 2 is 2.00 bits per heavy atom. The Balaban J connectivity index is 1.79. The first-order chi connectivity index (χ1) is 12.3. The van der Waals surface area contributed by atoms with E-state index in [1.165, 1.54) is 17.2 Å². The first-order valence-corrected chi connectivity index (χ1v) is 8.84. The van der Waals surface area contributed by atoms with E-state index in [4.69, 9.17) is 9.15 Å². The molecular weight excluding hydrogens is 340 g/mol. The number of carbonyl (C=O) groups is 3. The van der Waals surface area contributed by atoms with Gasteiger partial charge in [0.15, 0.2) is 5.76 Å². The minimum absolute atomic E-state index is 0.0550. The fourth-order valence-corrected chi connectivity index (χ4v) is 3.65. The number of hydrogen-bond donors (Lipinski definition) is 0. The lowest BCUT2D eigenvalue weighted by Gasteiger charge is -2.44. The van der Waals surface area contributed by atoms with Crippen molar-refractivity contribution in [3.8, 4) is 0 Å². The molecule has 0 saturated carbocycles. The topological polar surface area (TPSA) is 103 Å². The van der Waals surface area contributed by atoms with Crippen molar-refractivity contribution in [1.82, 2.24) is 9.80 Å². The van der Waals surface area contributed by atoms with E-state index < -0.39 is 23.6 Å². The Bertz CT molecular complexity index is 676. The summed E-state index contributed by atoms with van der Waals surface area (Å²) in [5.41, 5.74) is -1.05. The van der Waals surface area contributed by atoms with Crippen molar-refractivity contribution in [3.63, 3.8) is 0 Å². The number of carboxylic acids is 1. The number of rotatable bonds is 4. The minimum Gasteiger partial charge on any atom is -0.548 e. The lowest BCUT2D eigenvalue weighted by molar-refractivity contribution is -0.310. The quantitative estimate of drug-likeness (QED) is 0.759. The molecule has 8 nitrogen and oxygen atoms in total. The zero-order valence-electron chi connectivity index (χ0n) is 15.0. The van der Waals surface area contributed by atoms with Crippen molar-refractivity contribution >= 4 is 17.8 Å². The van der Waals surface area contributed by atoms with Gasteiger partial charge < -0.3 is 24.0 Å². The molecule has 0 unspecified atom stereocenters. The average Bonchev–Trinajstić information content (AvgIpc) is 3.23. The highest BCUT2D eigenvalue weighted by Gasteiger charge is 2.53. The van der Waals surface area contributed by atoms with Crippen LogP contribution in [0.5, 0.6) is 0 Å². The van der Waals surface area contributed by atoms with Crippen molar-refractivity contribution in [2.45, 2.75) is 44.9 Å². The Kier molecular flexibility index (Phi) is 5.04. The minimum atomic E-state index is -1.36. The van der Waals surface area contributed by atoms with Gasteiger partial charge in [-0.15, -0.1) is 0 Å². The van der Waals surface area contributed by atoms with Crippen LogP contribution >= 0.6 is 0 Å². The third-order valence-corrected chi connectivity index (χ3v) is 4.96. The molecular formula is C18H23N2O6-. The second-order valence-corrected chi connectivity index (χ2v) is 7.22. The molecule has 0 N–H and O–H groups in total. The molecule has 1 atom stereocenters. The standard InChI is InChI=1S/C18H24N2O6/c1-12(2)10-15(21)19-7-5-18(6-8-19)20(13(11-26-18)17(23)24)16(22)14-4-3-9-25-14/h3-4,9,12-13H,5-8,10-11H2,1-2H3,(H,23,24)/p-1/t13-/m0/s1. The molecule has 142 valence electrons. The number of hydrogen-bond acceptors (Lipinski definition) is 6. The largest absolute Gasteiger partial charge is 0.548 e. The Morgan fingerprint density at radius 3 is 2.54 bits per heavy atom. The predicted molar refractivity (Wildman–Crippen MR) is 87.6 cm³/mol. The van der Waals surface area contributed by atoms with Crippen molar-refractivity contribution in [2.75, 3.05) is 19.7 Å². The van der Waals surface area contributed by atoms with Gasteiger partial charge in [0.05, 0.1) is 24.9 Å². The number of carboxylic acid groups (broad SMARTS) is 1. The maximum Gasteiger partial charge on any atom is 0.292 e. The summed E-state index contributed by atoms with van der Waals surface area (Å²) in [5.74, 6) is -1.52. The number of aliphatic carboxylic acids is 1. The summed E-state index contributed by atoms with van der Waals surface area (Å²) in [6.45, 7) is 4.66. The van der Waals surface area contributed by atoms with Gasteiger partial charge in [-0.2, -0.15) is 0 Å². The van der Waals surface area contributed by atoms with Crippen LogP contribution in [0, 0.1) is 5.92 Å². The summed E-state index contributed by atoms with van der Waals surface area (Å²) in [7, 11) is 0. The lowest BCUT2D eigenvalue weighted by Crippen LogP contribution is -2.60. The highest BCUT2D eigenvalue weighted by atomic mass is 16.5. The zero-order chi connectivity index (χ0) is 18.9. The van der Waals surface area contributed by atoms with E-state index in [1.54, 1.807) is 11.0 Å². The van der Waals surface area contributed by atoms with Gasteiger partial charge in [-0.05, 0) is 18.1 Å². The van der Waals surface area contributed by atoms with Crippen LogP contribution in [-0.2, 0) is 14.3 Å². The molecule has 26 heavy (non-hydrogen) atoms. The molecule has 0 aliphatic carbocycles. The molecule has 2 aliphatic rings. The molecule has 8 heteroatoms. The molecule has 3 heterocycles. The number of nitrogens with zero attached hydrogens (tertiary/aromatic N) is 2. The molecule has 3 rings (SSSR count). The fourth-order valence-electron chi connectivity index (χ4n) is 3.65. The van der Waals surface area contributed by atoms with Crippen LogP contribution in [0.3, 0.4) is 0 Å². The van der Waals surface area contributed by atoms with Crippen LogP contribution in [0.2, 0.25) is 0 Å². The molecule has 2 amide bonds. The van der Waals surface area contributed by atoms with Crippen LogP contribution in [-0.4, -0.2) is 59.0 Å². The Hall–Kier alpha value is -2.35. The van der Waals surface area contributed by atoms with Gasteiger partial charge in [0.1, 0.15) is 5.72 Å². The second-order valence-electron chi connectivity index (χ2n) is 7.22. The molecule has 1 aromatic heterocycles. The normalized spacial score (nSPS) is 22.2. The number of piperidine rings is 1. The predicted octanol–water partition coefficient (Wildman–Crippen LogP) is 0.235. The van der Waals surface area contributed by atoms with Gasteiger partial charge in [-0.25, -0.2) is 0 Å². The zero-order valence-corrected chi connectivity index (χ0v) is 15.0. The van der Waals surface area contributed by atoms with E-state index in [0.717, 1.165) is 0 Å². The molecule has 2 fully saturated rings. The average molecular weight is 363 g/mol. The summed E-state index contributed by atoms with van der Waals surface area (Å²) in [4.78, 5) is 39.6. The van der Waals surface area contributed by atoms with Gasteiger partial charge in [0.25, 0.3) is 5.91 Å². The Morgan fingerprint density at radius 1 is 1.31 bits per heavy atom. The molecule has 1 aromatic rings. The van der Waals surface area contributed by atoms with E-state index >= 15 is 0 Å². The first-order valence-electron chi connectivity index (χ1n) is 8.84. The fraction of sp³-hybridized carbons (Fsp3) is 0.611. The lowest BCUT2D eigenvalue weighted by atomic mass is 9.96.